The van der Waals surface area contributed by atoms with E-state index in [9.17, 15) is 0 Å². The third-order valence-electron chi connectivity index (χ3n) is 2.87. The molecule has 0 aliphatic rings. The van der Waals surface area contributed by atoms with Crippen molar-refractivity contribution in [1.29, 1.82) is 0 Å². The lowest BCUT2D eigenvalue weighted by Crippen LogP contribution is -2.39. The van der Waals surface area contributed by atoms with Crippen LogP contribution in [0, 0.1) is 0 Å². The maximum atomic E-state index is 5.62. The Hall–Kier alpha value is -1.10. The van der Waals surface area contributed by atoms with Crippen molar-refractivity contribution in [2.24, 2.45) is 0 Å². The van der Waals surface area contributed by atoms with Crippen LogP contribution in [-0.2, 0) is 16.0 Å². The van der Waals surface area contributed by atoms with Crippen molar-refractivity contribution in [2.45, 2.75) is 39.1 Å². The van der Waals surface area contributed by atoms with Crippen molar-refractivity contribution in [1.82, 2.24) is 5.32 Å². The maximum Gasteiger partial charge on any atom is 0.171 e. The summed E-state index contributed by atoms with van der Waals surface area (Å²) in [7, 11) is 3.29. The van der Waals surface area contributed by atoms with Gasteiger partial charge in [0.2, 0.25) is 0 Å². The summed E-state index contributed by atoms with van der Waals surface area (Å²) in [5.41, 5.74) is 1.19. The van der Waals surface area contributed by atoms with Gasteiger partial charge in [0.25, 0.3) is 0 Å². The number of ether oxygens (including phenoxy) is 3. The molecule has 0 saturated heterocycles. The van der Waals surface area contributed by atoms with Crippen LogP contribution >= 0.6 is 0 Å². The molecule has 1 unspecified atom stereocenters. The molecule has 4 heteroatoms. The topological polar surface area (TPSA) is 39.7 Å². The first-order chi connectivity index (χ1) is 9.21. The van der Waals surface area contributed by atoms with Gasteiger partial charge < -0.3 is 19.5 Å². The Balaban J connectivity index is 2.48. The monoisotopic (exact) mass is 267 g/mol. The zero-order chi connectivity index (χ0) is 14.1. The second kappa shape index (κ2) is 8.91. The van der Waals surface area contributed by atoms with Crippen LogP contribution in [0.15, 0.2) is 24.3 Å². The molecule has 1 aromatic carbocycles. The molecule has 0 spiro atoms. The fraction of sp³-hybridized carbons (Fsp3) is 0.600. The highest BCUT2D eigenvalue weighted by atomic mass is 16.7. The lowest BCUT2D eigenvalue weighted by molar-refractivity contribution is -0.119. The highest BCUT2D eigenvalue weighted by Gasteiger charge is 2.14. The number of methoxy groups -OCH3 is 2. The SMILES string of the molecule is CCCOc1cccc(CNC(C)C(OC)OC)c1. The van der Waals surface area contributed by atoms with E-state index in [1.54, 1.807) is 14.2 Å². The second-order valence-corrected chi connectivity index (χ2v) is 4.51. The Morgan fingerprint density at radius 1 is 1.21 bits per heavy atom. The van der Waals surface area contributed by atoms with Gasteiger partial charge in [0.15, 0.2) is 6.29 Å². The van der Waals surface area contributed by atoms with E-state index in [-0.39, 0.29) is 12.3 Å². The van der Waals surface area contributed by atoms with E-state index in [1.165, 1.54) is 5.56 Å². The van der Waals surface area contributed by atoms with Crippen LogP contribution < -0.4 is 10.1 Å². The first kappa shape index (κ1) is 16.0. The first-order valence-corrected chi connectivity index (χ1v) is 6.72. The predicted molar refractivity (Wildman–Crippen MR) is 76.3 cm³/mol. The van der Waals surface area contributed by atoms with E-state index in [0.29, 0.717) is 0 Å². The Kier molecular flexibility index (Phi) is 7.48. The lowest BCUT2D eigenvalue weighted by Gasteiger charge is -2.22. The fourth-order valence-corrected chi connectivity index (χ4v) is 1.84. The molecule has 1 N–H and O–H groups in total. The number of hydrogen-bond acceptors (Lipinski definition) is 4. The van der Waals surface area contributed by atoms with Crippen LogP contribution in [0.5, 0.6) is 5.75 Å². The van der Waals surface area contributed by atoms with Crippen LogP contribution in [0.3, 0.4) is 0 Å². The summed E-state index contributed by atoms with van der Waals surface area (Å²) in [5.74, 6) is 0.920. The van der Waals surface area contributed by atoms with Crippen LogP contribution in [0.25, 0.3) is 0 Å². The van der Waals surface area contributed by atoms with Crippen molar-refractivity contribution in [3.05, 3.63) is 29.8 Å². The zero-order valence-corrected chi connectivity index (χ0v) is 12.3. The highest BCUT2D eigenvalue weighted by Crippen LogP contribution is 2.14. The molecule has 1 rings (SSSR count). The van der Waals surface area contributed by atoms with Crippen LogP contribution in [0.1, 0.15) is 25.8 Å². The van der Waals surface area contributed by atoms with Crippen molar-refractivity contribution in [2.75, 3.05) is 20.8 Å². The molecule has 0 radical (unpaired) electrons. The van der Waals surface area contributed by atoms with E-state index < -0.39 is 0 Å². The third kappa shape index (κ3) is 5.59. The van der Waals surface area contributed by atoms with Gasteiger partial charge in [-0.1, -0.05) is 19.1 Å². The van der Waals surface area contributed by atoms with Gasteiger partial charge in [0.1, 0.15) is 5.75 Å². The lowest BCUT2D eigenvalue weighted by atomic mass is 10.2. The number of rotatable bonds is 9. The Morgan fingerprint density at radius 3 is 2.58 bits per heavy atom. The number of hydrogen-bond donors (Lipinski definition) is 1. The molecular formula is C15H25NO3. The van der Waals surface area contributed by atoms with Gasteiger partial charge in [-0.15, -0.1) is 0 Å². The van der Waals surface area contributed by atoms with Crippen molar-refractivity contribution in [3.8, 4) is 5.75 Å². The first-order valence-electron chi connectivity index (χ1n) is 6.72. The maximum absolute atomic E-state index is 5.62. The van der Waals surface area contributed by atoms with Gasteiger partial charge in [-0.2, -0.15) is 0 Å². The molecular weight excluding hydrogens is 242 g/mol. The highest BCUT2D eigenvalue weighted by molar-refractivity contribution is 5.28. The summed E-state index contributed by atoms with van der Waals surface area (Å²) >= 11 is 0. The van der Waals surface area contributed by atoms with Gasteiger partial charge in [0, 0.05) is 20.8 Å². The number of nitrogens with one attached hydrogen (secondary N) is 1. The largest absolute Gasteiger partial charge is 0.494 e. The molecule has 108 valence electrons. The minimum atomic E-state index is -0.237. The van der Waals surface area contributed by atoms with E-state index in [2.05, 4.69) is 24.4 Å². The summed E-state index contributed by atoms with van der Waals surface area (Å²) in [5, 5.41) is 3.38. The fourth-order valence-electron chi connectivity index (χ4n) is 1.84. The smallest absolute Gasteiger partial charge is 0.171 e. The van der Waals surface area contributed by atoms with Crippen LogP contribution in [0.4, 0.5) is 0 Å². The Bertz CT molecular complexity index is 353. The van der Waals surface area contributed by atoms with Gasteiger partial charge >= 0.3 is 0 Å². The molecule has 1 aromatic rings. The molecule has 0 fully saturated rings. The van der Waals surface area contributed by atoms with E-state index in [4.69, 9.17) is 14.2 Å². The standard InChI is InChI=1S/C15H25NO3/c1-5-9-19-14-8-6-7-13(10-14)11-16-12(2)15(17-3)18-4/h6-8,10,12,15-16H,5,9,11H2,1-4H3. The molecule has 1 atom stereocenters. The molecule has 4 nitrogen and oxygen atoms in total. The van der Waals surface area contributed by atoms with E-state index in [0.717, 1.165) is 25.3 Å². The molecule has 0 aliphatic heterocycles. The van der Waals surface area contributed by atoms with Gasteiger partial charge in [-0.05, 0) is 31.0 Å². The molecule has 19 heavy (non-hydrogen) atoms. The van der Waals surface area contributed by atoms with Gasteiger partial charge in [-0.25, -0.2) is 0 Å². The van der Waals surface area contributed by atoms with Crippen molar-refractivity contribution in [3.63, 3.8) is 0 Å². The molecule has 0 bridgehead atoms. The van der Waals surface area contributed by atoms with Crippen molar-refractivity contribution < 1.29 is 14.2 Å². The third-order valence-corrected chi connectivity index (χ3v) is 2.87. The summed E-state index contributed by atoms with van der Waals surface area (Å²) in [6, 6.07) is 8.25. The molecule has 0 amide bonds. The molecule has 0 saturated carbocycles. The molecule has 0 aromatic heterocycles. The number of benzene rings is 1. The average Bonchev–Trinajstić information content (AvgIpc) is 2.44. The summed E-state index contributed by atoms with van der Waals surface area (Å²) < 4.78 is 16.0. The summed E-state index contributed by atoms with van der Waals surface area (Å²) in [4.78, 5) is 0. The van der Waals surface area contributed by atoms with E-state index in [1.807, 2.05) is 19.1 Å². The molecule has 0 aliphatic carbocycles. The van der Waals surface area contributed by atoms with Gasteiger partial charge in [0.05, 0.1) is 12.6 Å². The van der Waals surface area contributed by atoms with Gasteiger partial charge in [-0.3, -0.25) is 0 Å². The van der Waals surface area contributed by atoms with Crippen molar-refractivity contribution >= 4 is 0 Å². The summed E-state index contributed by atoms with van der Waals surface area (Å²) in [6.45, 7) is 5.65. The minimum absolute atomic E-state index is 0.121. The second-order valence-electron chi connectivity index (χ2n) is 4.51. The van der Waals surface area contributed by atoms with E-state index >= 15 is 0 Å². The quantitative estimate of drug-likeness (QED) is 0.698. The average molecular weight is 267 g/mol. The Labute approximate surface area is 116 Å². The Morgan fingerprint density at radius 2 is 1.95 bits per heavy atom. The summed E-state index contributed by atoms with van der Waals surface area (Å²) in [6.07, 6.45) is 0.780. The van der Waals surface area contributed by atoms with Crippen LogP contribution in [0.2, 0.25) is 0 Å². The predicted octanol–water partition coefficient (Wildman–Crippen LogP) is 2.57. The zero-order valence-electron chi connectivity index (χ0n) is 12.3. The normalized spacial score (nSPS) is 12.7. The minimum Gasteiger partial charge on any atom is -0.494 e. The molecule has 0 heterocycles. The van der Waals surface area contributed by atoms with Crippen LogP contribution in [-0.4, -0.2) is 33.2 Å².